The molecule has 0 fully saturated rings. The summed E-state index contributed by atoms with van der Waals surface area (Å²) >= 11 is 0. The molecule has 0 aliphatic heterocycles. The molecule has 1 aliphatic rings. The molecule has 2 aromatic carbocycles. The van der Waals surface area contributed by atoms with Crippen molar-refractivity contribution in [2.75, 3.05) is 33.8 Å². The maximum absolute atomic E-state index is 5.60. The van der Waals surface area contributed by atoms with Crippen molar-refractivity contribution in [2.24, 2.45) is 0 Å². The standard InChI is InChI=1S/C27H30N4O4/c1-32-19-10-9-17(25(14-19)35-4)16-28-27-22-7-5-6-8-23(22)29-26-15-24(30-31(26)27)18-11-20(33-2)13-21(12-18)34-3/h9-15,28H,5-8,16H2,1-4H3. The summed E-state index contributed by atoms with van der Waals surface area (Å²) in [7, 11) is 6.62. The van der Waals surface area contributed by atoms with E-state index < -0.39 is 0 Å². The molecule has 2 aromatic heterocycles. The Kier molecular flexibility index (Phi) is 6.35. The molecule has 4 aromatic rings. The van der Waals surface area contributed by atoms with Crippen LogP contribution < -0.4 is 24.3 Å². The topological polar surface area (TPSA) is 79.1 Å². The second-order valence-corrected chi connectivity index (χ2v) is 8.53. The van der Waals surface area contributed by atoms with E-state index in [0.717, 1.165) is 71.2 Å². The molecular formula is C27H30N4O4. The first kappa shape index (κ1) is 22.8. The second-order valence-electron chi connectivity index (χ2n) is 8.53. The molecule has 1 N–H and O–H groups in total. The number of benzene rings is 2. The Hall–Kier alpha value is -3.94. The van der Waals surface area contributed by atoms with E-state index in [9.17, 15) is 0 Å². The maximum atomic E-state index is 5.60. The number of ether oxygens (including phenoxy) is 4. The normalized spacial score (nSPS) is 12.8. The Bertz CT molecular complexity index is 1340. The summed E-state index contributed by atoms with van der Waals surface area (Å²) in [5.74, 6) is 3.95. The molecule has 0 saturated carbocycles. The van der Waals surface area contributed by atoms with Crippen LogP contribution in [0.25, 0.3) is 16.9 Å². The average Bonchev–Trinajstić information content (AvgIpc) is 3.34. The minimum absolute atomic E-state index is 0.584. The third-order valence-electron chi connectivity index (χ3n) is 6.46. The first-order valence-electron chi connectivity index (χ1n) is 11.7. The number of methoxy groups -OCH3 is 4. The molecule has 2 heterocycles. The van der Waals surface area contributed by atoms with Crippen LogP contribution in [0.15, 0.2) is 42.5 Å². The van der Waals surface area contributed by atoms with Crippen molar-refractivity contribution < 1.29 is 18.9 Å². The summed E-state index contributed by atoms with van der Waals surface area (Å²) in [6.07, 6.45) is 4.24. The van der Waals surface area contributed by atoms with Crippen LogP contribution in [0.5, 0.6) is 23.0 Å². The molecule has 1 aliphatic carbocycles. The van der Waals surface area contributed by atoms with Gasteiger partial charge in [0.15, 0.2) is 5.65 Å². The van der Waals surface area contributed by atoms with Crippen LogP contribution >= 0.6 is 0 Å². The highest BCUT2D eigenvalue weighted by molar-refractivity contribution is 5.69. The first-order valence-corrected chi connectivity index (χ1v) is 11.7. The predicted molar refractivity (Wildman–Crippen MR) is 135 cm³/mol. The molecule has 0 bridgehead atoms. The van der Waals surface area contributed by atoms with Gasteiger partial charge < -0.3 is 24.3 Å². The van der Waals surface area contributed by atoms with Crippen molar-refractivity contribution in [2.45, 2.75) is 32.2 Å². The van der Waals surface area contributed by atoms with Crippen LogP contribution in [0.4, 0.5) is 5.82 Å². The minimum Gasteiger partial charge on any atom is -0.497 e. The van der Waals surface area contributed by atoms with Crippen LogP contribution in [0, 0.1) is 0 Å². The lowest BCUT2D eigenvalue weighted by atomic mass is 9.96. The Labute approximate surface area is 204 Å². The van der Waals surface area contributed by atoms with Gasteiger partial charge in [-0.3, -0.25) is 0 Å². The van der Waals surface area contributed by atoms with E-state index >= 15 is 0 Å². The molecule has 0 atom stereocenters. The van der Waals surface area contributed by atoms with E-state index in [2.05, 4.69) is 5.32 Å². The molecule has 8 nitrogen and oxygen atoms in total. The van der Waals surface area contributed by atoms with Crippen LogP contribution in [0.1, 0.15) is 29.7 Å². The smallest absolute Gasteiger partial charge is 0.158 e. The van der Waals surface area contributed by atoms with Gasteiger partial charge in [0.1, 0.15) is 28.8 Å². The number of hydrogen-bond donors (Lipinski definition) is 1. The zero-order valence-corrected chi connectivity index (χ0v) is 20.6. The number of nitrogens with zero attached hydrogens (tertiary/aromatic N) is 3. The fourth-order valence-electron chi connectivity index (χ4n) is 4.60. The zero-order valence-electron chi connectivity index (χ0n) is 20.6. The minimum atomic E-state index is 0.584. The average molecular weight is 475 g/mol. The summed E-state index contributed by atoms with van der Waals surface area (Å²) in [6.45, 7) is 0.584. The van der Waals surface area contributed by atoms with Gasteiger partial charge in [0.05, 0.1) is 34.1 Å². The molecule has 0 amide bonds. The molecule has 0 spiro atoms. The quantitative estimate of drug-likeness (QED) is 0.388. The highest BCUT2D eigenvalue weighted by Crippen LogP contribution is 2.33. The van der Waals surface area contributed by atoms with E-state index in [4.69, 9.17) is 29.0 Å². The molecule has 182 valence electrons. The molecule has 8 heteroatoms. The number of fused-ring (bicyclic) bond motifs is 2. The number of nitrogens with one attached hydrogen (secondary N) is 1. The fraction of sp³-hybridized carbons (Fsp3) is 0.333. The molecule has 35 heavy (non-hydrogen) atoms. The van der Waals surface area contributed by atoms with Gasteiger partial charge in [0, 0.05) is 47.1 Å². The highest BCUT2D eigenvalue weighted by atomic mass is 16.5. The monoisotopic (exact) mass is 474 g/mol. The zero-order chi connectivity index (χ0) is 24.4. The van der Waals surface area contributed by atoms with E-state index in [1.807, 2.05) is 47.0 Å². The number of anilines is 1. The molecule has 0 radical (unpaired) electrons. The van der Waals surface area contributed by atoms with Crippen LogP contribution in [0.3, 0.4) is 0 Å². The van der Waals surface area contributed by atoms with Gasteiger partial charge in [-0.15, -0.1) is 0 Å². The first-order chi connectivity index (χ1) is 17.1. The summed E-state index contributed by atoms with van der Waals surface area (Å²) < 4.78 is 23.8. The molecular weight excluding hydrogens is 444 g/mol. The SMILES string of the molecule is COc1cc(OC)cc(-c2cc3nc4c(c(NCc5ccc(OC)cc5OC)n3n2)CCCC4)c1. The van der Waals surface area contributed by atoms with E-state index in [-0.39, 0.29) is 0 Å². The summed E-state index contributed by atoms with van der Waals surface area (Å²) in [5, 5.41) is 8.60. The lowest BCUT2D eigenvalue weighted by molar-refractivity contribution is 0.391. The maximum Gasteiger partial charge on any atom is 0.158 e. The van der Waals surface area contributed by atoms with Crippen molar-refractivity contribution in [1.29, 1.82) is 0 Å². The van der Waals surface area contributed by atoms with Crippen molar-refractivity contribution in [3.8, 4) is 34.3 Å². The van der Waals surface area contributed by atoms with Gasteiger partial charge in [-0.2, -0.15) is 9.61 Å². The fourth-order valence-corrected chi connectivity index (χ4v) is 4.60. The number of aromatic nitrogens is 3. The Morgan fingerprint density at radius 1 is 0.829 bits per heavy atom. The third-order valence-corrected chi connectivity index (χ3v) is 6.46. The van der Waals surface area contributed by atoms with E-state index in [0.29, 0.717) is 18.0 Å². The van der Waals surface area contributed by atoms with Crippen LogP contribution in [-0.2, 0) is 19.4 Å². The van der Waals surface area contributed by atoms with Crippen molar-refractivity contribution in [3.63, 3.8) is 0 Å². The Morgan fingerprint density at radius 2 is 1.57 bits per heavy atom. The van der Waals surface area contributed by atoms with E-state index in [1.165, 1.54) is 5.56 Å². The van der Waals surface area contributed by atoms with Gasteiger partial charge in [-0.05, 0) is 49.9 Å². The van der Waals surface area contributed by atoms with Gasteiger partial charge >= 0.3 is 0 Å². The predicted octanol–water partition coefficient (Wildman–Crippen LogP) is 4.92. The largest absolute Gasteiger partial charge is 0.497 e. The molecule has 0 saturated heterocycles. The number of rotatable bonds is 8. The van der Waals surface area contributed by atoms with Crippen LogP contribution in [0.2, 0.25) is 0 Å². The lowest BCUT2D eigenvalue weighted by Gasteiger charge is -2.21. The summed E-state index contributed by atoms with van der Waals surface area (Å²) in [6, 6.07) is 13.6. The lowest BCUT2D eigenvalue weighted by Crippen LogP contribution is -2.15. The van der Waals surface area contributed by atoms with Gasteiger partial charge in [0.2, 0.25) is 0 Å². The summed E-state index contributed by atoms with van der Waals surface area (Å²) in [5.41, 5.74) is 5.94. The molecule has 0 unspecified atom stereocenters. The third kappa shape index (κ3) is 4.43. The highest BCUT2D eigenvalue weighted by Gasteiger charge is 2.21. The van der Waals surface area contributed by atoms with Crippen LogP contribution in [-0.4, -0.2) is 43.0 Å². The van der Waals surface area contributed by atoms with Crippen molar-refractivity contribution >= 4 is 11.5 Å². The number of aryl methyl sites for hydroxylation is 1. The van der Waals surface area contributed by atoms with Gasteiger partial charge in [-0.1, -0.05) is 0 Å². The van der Waals surface area contributed by atoms with Crippen molar-refractivity contribution in [1.82, 2.24) is 14.6 Å². The summed E-state index contributed by atoms with van der Waals surface area (Å²) in [4.78, 5) is 4.98. The van der Waals surface area contributed by atoms with Gasteiger partial charge in [0.25, 0.3) is 0 Å². The van der Waals surface area contributed by atoms with Gasteiger partial charge in [-0.25, -0.2) is 4.98 Å². The second kappa shape index (κ2) is 9.74. The van der Waals surface area contributed by atoms with Crippen molar-refractivity contribution in [3.05, 3.63) is 59.3 Å². The Balaban J connectivity index is 1.57. The van der Waals surface area contributed by atoms with E-state index in [1.54, 1.807) is 28.4 Å². The Morgan fingerprint density at radius 3 is 2.29 bits per heavy atom. The molecule has 5 rings (SSSR count). The number of hydrogen-bond acceptors (Lipinski definition) is 7.